The lowest BCUT2D eigenvalue weighted by Crippen LogP contribution is -2.13. The summed E-state index contributed by atoms with van der Waals surface area (Å²) in [7, 11) is 0. The van der Waals surface area contributed by atoms with Crippen molar-refractivity contribution >= 4 is 0 Å². The lowest BCUT2D eigenvalue weighted by molar-refractivity contribution is 0.370. The maximum atomic E-state index is 2.40. The van der Waals surface area contributed by atoms with Crippen molar-refractivity contribution in [2.24, 2.45) is 17.8 Å². The molecule has 0 nitrogen and oxygen atoms in total. The third kappa shape index (κ3) is 1.27. The fraction of sp³-hybridized carbons (Fsp3) is 0.692. The van der Waals surface area contributed by atoms with E-state index in [4.69, 9.17) is 0 Å². The van der Waals surface area contributed by atoms with Crippen LogP contribution in [0.5, 0.6) is 0 Å². The van der Waals surface area contributed by atoms with Gasteiger partial charge in [-0.2, -0.15) is 0 Å². The van der Waals surface area contributed by atoms with Gasteiger partial charge in [0.15, 0.2) is 0 Å². The second-order valence-electron chi connectivity index (χ2n) is 4.99. The van der Waals surface area contributed by atoms with Gasteiger partial charge < -0.3 is 0 Å². The van der Waals surface area contributed by atoms with Crippen LogP contribution in [0.3, 0.4) is 0 Å². The first-order chi connectivity index (χ1) is 6.43. The number of fused-ring (bicyclic) bond motifs is 2. The van der Waals surface area contributed by atoms with Crippen molar-refractivity contribution in [1.29, 1.82) is 0 Å². The maximum absolute atomic E-state index is 2.40. The van der Waals surface area contributed by atoms with Gasteiger partial charge in [0.05, 0.1) is 0 Å². The summed E-state index contributed by atoms with van der Waals surface area (Å²) in [4.78, 5) is 0. The SMILES string of the molecule is C1=CCCC(C2CC3CCC2C3)=C1. The van der Waals surface area contributed by atoms with E-state index in [-0.39, 0.29) is 0 Å². The highest BCUT2D eigenvalue weighted by atomic mass is 14.5. The fourth-order valence-electron chi connectivity index (χ4n) is 3.63. The van der Waals surface area contributed by atoms with Crippen LogP contribution in [-0.2, 0) is 0 Å². The second kappa shape index (κ2) is 3.01. The molecule has 0 heteroatoms. The summed E-state index contributed by atoms with van der Waals surface area (Å²) in [6.45, 7) is 0. The minimum absolute atomic E-state index is 0.990. The van der Waals surface area contributed by atoms with Crippen LogP contribution >= 0.6 is 0 Å². The molecule has 3 rings (SSSR count). The van der Waals surface area contributed by atoms with E-state index in [1.807, 2.05) is 0 Å². The summed E-state index contributed by atoms with van der Waals surface area (Å²) < 4.78 is 0. The molecule has 0 aliphatic heterocycles. The molecule has 70 valence electrons. The van der Waals surface area contributed by atoms with Crippen LogP contribution in [0.25, 0.3) is 0 Å². The molecule has 2 fully saturated rings. The van der Waals surface area contributed by atoms with Crippen molar-refractivity contribution in [1.82, 2.24) is 0 Å². The van der Waals surface area contributed by atoms with Gasteiger partial charge in [0, 0.05) is 0 Å². The lowest BCUT2D eigenvalue weighted by atomic mass is 9.80. The molecule has 0 saturated heterocycles. The van der Waals surface area contributed by atoms with Gasteiger partial charge in [-0.3, -0.25) is 0 Å². The summed E-state index contributed by atoms with van der Waals surface area (Å²) in [5.74, 6) is 3.16. The fourth-order valence-corrected chi connectivity index (χ4v) is 3.63. The van der Waals surface area contributed by atoms with Gasteiger partial charge >= 0.3 is 0 Å². The number of hydrogen-bond acceptors (Lipinski definition) is 0. The van der Waals surface area contributed by atoms with E-state index in [1.54, 1.807) is 12.0 Å². The van der Waals surface area contributed by atoms with Crippen LogP contribution in [0.15, 0.2) is 23.8 Å². The second-order valence-corrected chi connectivity index (χ2v) is 4.99. The van der Waals surface area contributed by atoms with E-state index in [9.17, 15) is 0 Å². The van der Waals surface area contributed by atoms with E-state index in [0.717, 1.165) is 17.8 Å². The van der Waals surface area contributed by atoms with E-state index < -0.39 is 0 Å². The van der Waals surface area contributed by atoms with E-state index in [2.05, 4.69) is 18.2 Å². The van der Waals surface area contributed by atoms with E-state index >= 15 is 0 Å². The summed E-state index contributed by atoms with van der Waals surface area (Å²) in [6.07, 6.45) is 15.7. The van der Waals surface area contributed by atoms with Gasteiger partial charge in [-0.1, -0.05) is 30.2 Å². The molecule has 0 aromatic heterocycles. The highest BCUT2D eigenvalue weighted by molar-refractivity contribution is 5.22. The predicted molar refractivity (Wildman–Crippen MR) is 55.4 cm³/mol. The number of rotatable bonds is 1. The molecule has 0 radical (unpaired) electrons. The molecule has 3 aliphatic rings. The van der Waals surface area contributed by atoms with Crippen molar-refractivity contribution in [3.05, 3.63) is 23.8 Å². The Labute approximate surface area is 80.7 Å². The smallest absolute Gasteiger partial charge is 0.0169 e. The first-order valence-corrected chi connectivity index (χ1v) is 5.79. The Morgan fingerprint density at radius 2 is 2.15 bits per heavy atom. The Hall–Kier alpha value is -0.520. The molecule has 13 heavy (non-hydrogen) atoms. The number of hydrogen-bond donors (Lipinski definition) is 0. The minimum atomic E-state index is 0.990. The maximum Gasteiger partial charge on any atom is -0.0169 e. The zero-order chi connectivity index (χ0) is 8.67. The molecule has 2 saturated carbocycles. The largest absolute Gasteiger partial charge is 0.0842 e. The molecule has 0 aromatic carbocycles. The molecule has 2 bridgehead atoms. The third-order valence-corrected chi connectivity index (χ3v) is 4.26. The normalized spacial score (nSPS) is 42.5. The molecular weight excluding hydrogens is 156 g/mol. The van der Waals surface area contributed by atoms with Crippen molar-refractivity contribution in [2.75, 3.05) is 0 Å². The summed E-state index contributed by atoms with van der Waals surface area (Å²) in [6, 6.07) is 0. The van der Waals surface area contributed by atoms with Crippen LogP contribution in [0.4, 0.5) is 0 Å². The van der Waals surface area contributed by atoms with Crippen LogP contribution in [0, 0.1) is 17.8 Å². The van der Waals surface area contributed by atoms with Crippen molar-refractivity contribution < 1.29 is 0 Å². The first-order valence-electron chi connectivity index (χ1n) is 5.79. The van der Waals surface area contributed by atoms with Crippen molar-refractivity contribution in [2.45, 2.75) is 38.5 Å². The van der Waals surface area contributed by atoms with Crippen LogP contribution in [0.2, 0.25) is 0 Å². The highest BCUT2D eigenvalue weighted by Gasteiger charge is 2.40. The van der Waals surface area contributed by atoms with Gasteiger partial charge in [-0.15, -0.1) is 0 Å². The van der Waals surface area contributed by atoms with Crippen LogP contribution in [-0.4, -0.2) is 0 Å². The summed E-state index contributed by atoms with van der Waals surface area (Å²) >= 11 is 0. The van der Waals surface area contributed by atoms with Crippen LogP contribution in [0.1, 0.15) is 38.5 Å². The molecule has 3 unspecified atom stereocenters. The first kappa shape index (κ1) is 7.84. The van der Waals surface area contributed by atoms with Gasteiger partial charge in [0.25, 0.3) is 0 Å². The summed E-state index contributed by atoms with van der Waals surface area (Å²) in [5, 5.41) is 0. The van der Waals surface area contributed by atoms with Gasteiger partial charge in [0.1, 0.15) is 0 Å². The Morgan fingerprint density at radius 1 is 1.15 bits per heavy atom. The van der Waals surface area contributed by atoms with Crippen molar-refractivity contribution in [3.8, 4) is 0 Å². The highest BCUT2D eigenvalue weighted by Crippen LogP contribution is 2.51. The Kier molecular flexibility index (Phi) is 1.81. The minimum Gasteiger partial charge on any atom is -0.0842 e. The average molecular weight is 174 g/mol. The molecule has 0 amide bonds. The van der Waals surface area contributed by atoms with E-state index in [0.29, 0.717) is 0 Å². The zero-order valence-corrected chi connectivity index (χ0v) is 8.21. The van der Waals surface area contributed by atoms with Gasteiger partial charge in [0.2, 0.25) is 0 Å². The summed E-state index contributed by atoms with van der Waals surface area (Å²) in [5.41, 5.74) is 1.77. The quantitative estimate of drug-likeness (QED) is 0.568. The van der Waals surface area contributed by atoms with Crippen molar-refractivity contribution in [3.63, 3.8) is 0 Å². The Morgan fingerprint density at radius 3 is 2.77 bits per heavy atom. The van der Waals surface area contributed by atoms with E-state index in [1.165, 1.54) is 32.1 Å². The topological polar surface area (TPSA) is 0 Å². The lowest BCUT2D eigenvalue weighted by Gasteiger charge is -2.25. The molecule has 0 aromatic rings. The molecule has 3 atom stereocenters. The van der Waals surface area contributed by atoms with Gasteiger partial charge in [-0.05, 0) is 49.9 Å². The third-order valence-electron chi connectivity index (χ3n) is 4.26. The zero-order valence-electron chi connectivity index (χ0n) is 8.21. The monoisotopic (exact) mass is 174 g/mol. The molecule has 3 aliphatic carbocycles. The average Bonchev–Trinajstić information content (AvgIpc) is 2.80. The number of allylic oxidation sites excluding steroid dienone is 4. The molecule has 0 N–H and O–H groups in total. The van der Waals surface area contributed by atoms with Crippen LogP contribution < -0.4 is 0 Å². The Bertz CT molecular complexity index is 259. The predicted octanol–water partition coefficient (Wildman–Crippen LogP) is 3.70. The standard InChI is InChI=1S/C13H18/c1-2-4-11(5-3-1)13-9-10-6-7-12(13)8-10/h1-2,4,10,12-13H,3,5-9H2. The molecule has 0 spiro atoms. The Balaban J connectivity index is 1.79. The molecular formula is C13H18. The molecule has 0 heterocycles. The van der Waals surface area contributed by atoms with Gasteiger partial charge in [-0.25, -0.2) is 0 Å².